The Balaban J connectivity index is 1.22. The number of nitrogens with two attached hydrogens (primary N) is 1. The van der Waals surface area contributed by atoms with E-state index in [9.17, 15) is 17.6 Å². The van der Waals surface area contributed by atoms with Crippen LogP contribution in [0.15, 0.2) is 0 Å². The number of piperidine rings is 1. The summed E-state index contributed by atoms with van der Waals surface area (Å²) in [7, 11) is -3.59. The van der Waals surface area contributed by atoms with Crippen molar-refractivity contribution in [3.05, 3.63) is 0 Å². The van der Waals surface area contributed by atoms with Gasteiger partial charge in [-0.15, -0.1) is 0 Å². The number of piperazine rings is 1. The number of carbonyl (C=O) groups is 1. The number of amides is 1. The van der Waals surface area contributed by atoms with Crippen LogP contribution in [0.5, 0.6) is 0 Å². The van der Waals surface area contributed by atoms with E-state index in [1.54, 1.807) is 5.01 Å². The van der Waals surface area contributed by atoms with Crippen molar-refractivity contribution in [3.8, 4) is 0 Å². The third-order valence-corrected chi connectivity index (χ3v) is 9.79. The summed E-state index contributed by atoms with van der Waals surface area (Å²) in [4.78, 5) is 15.2. The number of ether oxygens (including phenoxy) is 1. The molecule has 6 N–H and O–H groups in total. The molecule has 5 aliphatic heterocycles. The van der Waals surface area contributed by atoms with Gasteiger partial charge in [0.25, 0.3) is 10.2 Å². The SMILES string of the molecule is NC1NN2CC(F)CNC2C1C(=O)NC1CNCC(F)C1N1CCN(S(=O)(=O)N2CCOCC2)CC1. The molecule has 0 aromatic rings. The lowest BCUT2D eigenvalue weighted by Crippen LogP contribution is -2.68. The molecule has 7 atom stereocenters. The first kappa shape index (κ1) is 26.5. The molecule has 0 spiro atoms. The van der Waals surface area contributed by atoms with Gasteiger partial charge in [0.1, 0.15) is 12.3 Å². The van der Waals surface area contributed by atoms with Gasteiger partial charge in [-0.3, -0.25) is 15.0 Å². The molecule has 16 heteroatoms. The molecule has 5 rings (SSSR count). The maximum atomic E-state index is 15.2. The van der Waals surface area contributed by atoms with Crippen molar-refractivity contribution in [2.24, 2.45) is 11.7 Å². The van der Waals surface area contributed by atoms with Crippen molar-refractivity contribution in [1.29, 1.82) is 0 Å². The van der Waals surface area contributed by atoms with Crippen molar-refractivity contribution < 1.29 is 26.7 Å². The molecule has 5 saturated heterocycles. The molecule has 1 amide bonds. The molecule has 0 radical (unpaired) electrons. The fraction of sp³-hybridized carbons (Fsp3) is 0.950. The van der Waals surface area contributed by atoms with Gasteiger partial charge in [0, 0.05) is 65.4 Å². The van der Waals surface area contributed by atoms with Crippen LogP contribution in [0, 0.1) is 5.92 Å². The van der Waals surface area contributed by atoms with Crippen LogP contribution in [0.25, 0.3) is 0 Å². The van der Waals surface area contributed by atoms with Gasteiger partial charge < -0.3 is 21.1 Å². The standard InChI is InChI=1S/C20H37F2N9O4S/c21-13-9-25-19-16(18(23)27-31(19)12-13)20(32)26-15-11-24-10-14(22)17(15)28-1-3-29(4-2-28)36(33,34)30-5-7-35-8-6-30/h13-19,24-25,27H,1-12,23H2,(H,26,32). The Morgan fingerprint density at radius 1 is 1.00 bits per heavy atom. The summed E-state index contributed by atoms with van der Waals surface area (Å²) in [6.45, 7) is 3.44. The van der Waals surface area contributed by atoms with Gasteiger partial charge in [-0.1, -0.05) is 0 Å². The fourth-order valence-corrected chi connectivity index (χ4v) is 7.48. The highest BCUT2D eigenvalue weighted by Crippen LogP contribution is 2.24. The quantitative estimate of drug-likeness (QED) is 0.235. The summed E-state index contributed by atoms with van der Waals surface area (Å²) in [5, 5.41) is 10.7. The predicted molar refractivity (Wildman–Crippen MR) is 126 cm³/mol. The molecule has 36 heavy (non-hydrogen) atoms. The maximum Gasteiger partial charge on any atom is 0.282 e. The zero-order chi connectivity index (χ0) is 25.4. The topological polar surface area (TPSA) is 148 Å². The smallest absolute Gasteiger partial charge is 0.282 e. The highest BCUT2D eigenvalue weighted by Gasteiger charge is 2.49. The minimum Gasteiger partial charge on any atom is -0.379 e. The molecule has 5 heterocycles. The first-order valence-corrected chi connectivity index (χ1v) is 14.0. The zero-order valence-electron chi connectivity index (χ0n) is 20.2. The van der Waals surface area contributed by atoms with Gasteiger partial charge >= 0.3 is 0 Å². The number of nitrogens with zero attached hydrogens (tertiary/aromatic N) is 4. The van der Waals surface area contributed by atoms with Crippen molar-refractivity contribution in [1.82, 2.24) is 39.9 Å². The van der Waals surface area contributed by atoms with Crippen LogP contribution >= 0.6 is 0 Å². The summed E-state index contributed by atoms with van der Waals surface area (Å²) < 4.78 is 63.1. The van der Waals surface area contributed by atoms with Crippen LogP contribution in [0.1, 0.15) is 0 Å². The number of halogens is 2. The molecule has 7 unspecified atom stereocenters. The maximum absolute atomic E-state index is 15.2. The number of rotatable bonds is 5. The van der Waals surface area contributed by atoms with Crippen LogP contribution in [0.4, 0.5) is 8.78 Å². The van der Waals surface area contributed by atoms with Gasteiger partial charge in [0.05, 0.1) is 43.5 Å². The number of hydrogen-bond acceptors (Lipinski definition) is 10. The van der Waals surface area contributed by atoms with Crippen molar-refractivity contribution in [2.45, 2.75) is 36.8 Å². The molecule has 5 aliphatic rings. The zero-order valence-corrected chi connectivity index (χ0v) is 21.0. The third kappa shape index (κ3) is 5.25. The van der Waals surface area contributed by atoms with E-state index in [0.29, 0.717) is 45.9 Å². The normalized spacial score (nSPS) is 40.1. The van der Waals surface area contributed by atoms with E-state index in [4.69, 9.17) is 10.5 Å². The average molecular weight is 538 g/mol. The second-order valence-electron chi connectivity index (χ2n) is 10.0. The van der Waals surface area contributed by atoms with Crippen LogP contribution < -0.4 is 27.1 Å². The van der Waals surface area contributed by atoms with Gasteiger partial charge in [-0.25, -0.2) is 19.2 Å². The molecule has 0 bridgehead atoms. The molecule has 13 nitrogen and oxygen atoms in total. The lowest BCUT2D eigenvalue weighted by Gasteiger charge is -2.46. The average Bonchev–Trinajstić information content (AvgIpc) is 3.19. The Hall–Kier alpha value is -1.08. The Morgan fingerprint density at radius 3 is 2.42 bits per heavy atom. The largest absolute Gasteiger partial charge is 0.379 e. The number of hydrogen-bond donors (Lipinski definition) is 5. The molecule has 0 saturated carbocycles. The number of alkyl halides is 2. The lowest BCUT2D eigenvalue weighted by atomic mass is 9.94. The first-order chi connectivity index (χ1) is 17.3. The van der Waals surface area contributed by atoms with Crippen LogP contribution in [-0.2, 0) is 19.7 Å². The number of hydrazine groups is 1. The summed E-state index contributed by atoms with van der Waals surface area (Å²) >= 11 is 0. The number of fused-ring (bicyclic) bond motifs is 1. The highest BCUT2D eigenvalue weighted by atomic mass is 32.2. The monoisotopic (exact) mass is 537 g/mol. The van der Waals surface area contributed by atoms with Gasteiger partial charge in [0.2, 0.25) is 5.91 Å². The predicted octanol–water partition coefficient (Wildman–Crippen LogP) is -4.04. The van der Waals surface area contributed by atoms with E-state index < -0.39 is 52.9 Å². The summed E-state index contributed by atoms with van der Waals surface area (Å²) in [6, 6.07) is -1.12. The Kier molecular flexibility index (Phi) is 8.07. The van der Waals surface area contributed by atoms with Crippen LogP contribution in [-0.4, -0.2) is 148 Å². The molecule has 0 aromatic carbocycles. The fourth-order valence-electron chi connectivity index (χ4n) is 5.92. The first-order valence-electron chi connectivity index (χ1n) is 12.6. The van der Waals surface area contributed by atoms with E-state index in [2.05, 4.69) is 21.4 Å². The van der Waals surface area contributed by atoms with E-state index >= 15 is 4.39 Å². The van der Waals surface area contributed by atoms with Gasteiger partial charge in [-0.2, -0.15) is 17.0 Å². The Morgan fingerprint density at radius 2 is 1.69 bits per heavy atom. The molecule has 206 valence electrons. The van der Waals surface area contributed by atoms with E-state index in [1.807, 2.05) is 4.90 Å². The van der Waals surface area contributed by atoms with Crippen molar-refractivity contribution >= 4 is 16.1 Å². The van der Waals surface area contributed by atoms with E-state index in [1.165, 1.54) is 8.61 Å². The summed E-state index contributed by atoms with van der Waals surface area (Å²) in [5.74, 6) is -1.000. The number of morpholine rings is 1. The molecular formula is C20H37F2N9O4S. The second kappa shape index (κ2) is 11.0. The third-order valence-electron chi connectivity index (χ3n) is 7.76. The molecule has 0 aromatic heterocycles. The van der Waals surface area contributed by atoms with Crippen molar-refractivity contribution in [3.63, 3.8) is 0 Å². The Bertz CT molecular complexity index is 890. The van der Waals surface area contributed by atoms with Crippen molar-refractivity contribution in [2.75, 3.05) is 78.7 Å². The molecular weight excluding hydrogens is 500 g/mol. The Labute approximate surface area is 210 Å². The molecule has 0 aliphatic carbocycles. The minimum absolute atomic E-state index is 0.132. The van der Waals surface area contributed by atoms with Crippen LogP contribution in [0.3, 0.4) is 0 Å². The van der Waals surface area contributed by atoms with E-state index in [0.717, 1.165) is 0 Å². The second-order valence-corrected chi connectivity index (χ2v) is 11.9. The molecule has 5 fully saturated rings. The van der Waals surface area contributed by atoms with Gasteiger partial charge in [-0.05, 0) is 0 Å². The minimum atomic E-state index is -3.59. The summed E-state index contributed by atoms with van der Waals surface area (Å²) in [5.41, 5.74) is 9.12. The highest BCUT2D eigenvalue weighted by molar-refractivity contribution is 7.86. The lowest BCUT2D eigenvalue weighted by molar-refractivity contribution is -0.128. The number of nitrogens with one attached hydrogen (secondary N) is 4. The number of carbonyl (C=O) groups excluding carboxylic acids is 1. The van der Waals surface area contributed by atoms with Crippen LogP contribution in [0.2, 0.25) is 0 Å². The van der Waals surface area contributed by atoms with E-state index in [-0.39, 0.29) is 38.6 Å². The summed E-state index contributed by atoms with van der Waals surface area (Å²) in [6.07, 6.45) is -3.44. The van der Waals surface area contributed by atoms with Gasteiger partial charge in [0.15, 0.2) is 0 Å².